The SMILES string of the molecule is Cn1c(=O)cc(C(=O)Nc2ccn[nH]2)c2ccccc21. The van der Waals surface area contributed by atoms with Crippen LogP contribution < -0.4 is 10.9 Å². The average Bonchev–Trinajstić information content (AvgIpc) is 2.95. The third kappa shape index (κ3) is 1.97. The van der Waals surface area contributed by atoms with E-state index in [1.807, 2.05) is 24.3 Å². The lowest BCUT2D eigenvalue weighted by Gasteiger charge is -2.09. The van der Waals surface area contributed by atoms with Crippen molar-refractivity contribution in [3.63, 3.8) is 0 Å². The number of aryl methyl sites for hydroxylation is 1. The Labute approximate surface area is 114 Å². The van der Waals surface area contributed by atoms with Crippen LogP contribution >= 0.6 is 0 Å². The summed E-state index contributed by atoms with van der Waals surface area (Å²) in [6, 6.07) is 10.3. The molecule has 0 radical (unpaired) electrons. The van der Waals surface area contributed by atoms with Crippen LogP contribution in [0.3, 0.4) is 0 Å². The maximum Gasteiger partial charge on any atom is 0.257 e. The van der Waals surface area contributed by atoms with Crippen molar-refractivity contribution in [2.45, 2.75) is 0 Å². The van der Waals surface area contributed by atoms with Crippen molar-refractivity contribution in [2.75, 3.05) is 5.32 Å². The van der Waals surface area contributed by atoms with Gasteiger partial charge in [0.1, 0.15) is 5.82 Å². The van der Waals surface area contributed by atoms with Gasteiger partial charge in [-0.3, -0.25) is 14.7 Å². The van der Waals surface area contributed by atoms with Crippen LogP contribution in [0.15, 0.2) is 47.4 Å². The van der Waals surface area contributed by atoms with Crippen molar-refractivity contribution in [3.05, 3.63) is 58.5 Å². The summed E-state index contributed by atoms with van der Waals surface area (Å²) in [6.07, 6.45) is 1.54. The zero-order chi connectivity index (χ0) is 14.1. The lowest BCUT2D eigenvalue weighted by atomic mass is 10.1. The number of fused-ring (bicyclic) bond motifs is 1. The molecule has 2 aromatic heterocycles. The maximum atomic E-state index is 12.3. The van der Waals surface area contributed by atoms with Gasteiger partial charge in [0.05, 0.1) is 17.3 Å². The standard InChI is InChI=1S/C14H12N4O2/c1-18-11-5-3-2-4-9(11)10(8-13(18)19)14(20)16-12-6-7-15-17-12/h2-8H,1H3,(H2,15,16,17,20). The first-order chi connectivity index (χ1) is 9.66. The van der Waals surface area contributed by atoms with E-state index in [2.05, 4.69) is 15.5 Å². The van der Waals surface area contributed by atoms with Crippen LogP contribution in [0.2, 0.25) is 0 Å². The summed E-state index contributed by atoms with van der Waals surface area (Å²) in [5, 5.41) is 9.80. The number of H-pyrrole nitrogens is 1. The summed E-state index contributed by atoms with van der Waals surface area (Å²) < 4.78 is 1.52. The molecule has 2 N–H and O–H groups in total. The predicted octanol–water partition coefficient (Wildman–Crippen LogP) is 1.51. The predicted molar refractivity (Wildman–Crippen MR) is 75.7 cm³/mol. The Morgan fingerprint density at radius 2 is 2.10 bits per heavy atom. The zero-order valence-corrected chi connectivity index (χ0v) is 10.8. The number of hydrogen-bond donors (Lipinski definition) is 2. The second-order valence-corrected chi connectivity index (χ2v) is 4.40. The number of anilines is 1. The Bertz CT molecular complexity index is 834. The molecule has 0 spiro atoms. The first-order valence-corrected chi connectivity index (χ1v) is 6.06. The summed E-state index contributed by atoms with van der Waals surface area (Å²) in [6.45, 7) is 0. The van der Waals surface area contributed by atoms with E-state index in [1.165, 1.54) is 16.8 Å². The topological polar surface area (TPSA) is 79.8 Å². The van der Waals surface area contributed by atoms with Gasteiger partial charge < -0.3 is 9.88 Å². The number of nitrogens with one attached hydrogen (secondary N) is 2. The van der Waals surface area contributed by atoms with Gasteiger partial charge in [0.2, 0.25) is 0 Å². The largest absolute Gasteiger partial charge is 0.311 e. The highest BCUT2D eigenvalue weighted by Gasteiger charge is 2.13. The molecule has 0 aliphatic carbocycles. The van der Waals surface area contributed by atoms with Crippen LogP contribution in [0.4, 0.5) is 5.82 Å². The van der Waals surface area contributed by atoms with Crippen LogP contribution in [-0.4, -0.2) is 20.7 Å². The van der Waals surface area contributed by atoms with Gasteiger partial charge in [-0.05, 0) is 6.07 Å². The number of carbonyl (C=O) groups is 1. The Hall–Kier alpha value is -2.89. The van der Waals surface area contributed by atoms with Gasteiger partial charge in [-0.1, -0.05) is 18.2 Å². The molecule has 1 amide bonds. The minimum atomic E-state index is -0.344. The molecule has 0 bridgehead atoms. The van der Waals surface area contributed by atoms with Gasteiger partial charge in [-0.2, -0.15) is 5.10 Å². The minimum absolute atomic E-state index is 0.224. The zero-order valence-electron chi connectivity index (χ0n) is 10.8. The Morgan fingerprint density at radius 1 is 1.30 bits per heavy atom. The molecule has 1 aromatic carbocycles. The van der Waals surface area contributed by atoms with Crippen LogP contribution in [-0.2, 0) is 7.05 Å². The number of aromatic amines is 1. The molecule has 3 rings (SSSR count). The van der Waals surface area contributed by atoms with Gasteiger partial charge in [0, 0.05) is 24.6 Å². The second kappa shape index (κ2) is 4.65. The molecule has 0 aliphatic rings. The maximum absolute atomic E-state index is 12.3. The van der Waals surface area contributed by atoms with E-state index in [9.17, 15) is 9.59 Å². The third-order valence-electron chi connectivity index (χ3n) is 3.15. The highest BCUT2D eigenvalue weighted by molar-refractivity contribution is 6.12. The van der Waals surface area contributed by atoms with E-state index in [4.69, 9.17) is 0 Å². The van der Waals surface area contributed by atoms with E-state index < -0.39 is 0 Å². The summed E-state index contributed by atoms with van der Waals surface area (Å²) in [5.41, 5.74) is 0.839. The van der Waals surface area contributed by atoms with Crippen molar-refractivity contribution in [2.24, 2.45) is 7.05 Å². The smallest absolute Gasteiger partial charge is 0.257 e. The van der Waals surface area contributed by atoms with Gasteiger partial charge in [0.15, 0.2) is 0 Å². The number of nitrogens with zero attached hydrogens (tertiary/aromatic N) is 2. The molecular formula is C14H12N4O2. The highest BCUT2D eigenvalue weighted by atomic mass is 16.2. The van der Waals surface area contributed by atoms with E-state index in [0.29, 0.717) is 11.4 Å². The van der Waals surface area contributed by atoms with E-state index in [-0.39, 0.29) is 11.5 Å². The molecule has 0 unspecified atom stereocenters. The summed E-state index contributed by atoms with van der Waals surface area (Å²) in [4.78, 5) is 24.2. The van der Waals surface area contributed by atoms with Gasteiger partial charge >= 0.3 is 0 Å². The van der Waals surface area contributed by atoms with Crippen molar-refractivity contribution in [1.82, 2.24) is 14.8 Å². The normalized spacial score (nSPS) is 10.7. The number of rotatable bonds is 2. The van der Waals surface area contributed by atoms with Crippen molar-refractivity contribution < 1.29 is 4.79 Å². The molecular weight excluding hydrogens is 256 g/mol. The van der Waals surface area contributed by atoms with E-state index in [0.717, 1.165) is 10.9 Å². The number of hydrogen-bond acceptors (Lipinski definition) is 3. The molecule has 0 atom stereocenters. The second-order valence-electron chi connectivity index (χ2n) is 4.40. The van der Waals surface area contributed by atoms with Crippen molar-refractivity contribution in [1.29, 1.82) is 0 Å². The van der Waals surface area contributed by atoms with Crippen molar-refractivity contribution >= 4 is 22.6 Å². The van der Waals surface area contributed by atoms with Crippen LogP contribution in [0.25, 0.3) is 10.9 Å². The molecule has 3 aromatic rings. The van der Waals surface area contributed by atoms with Crippen molar-refractivity contribution in [3.8, 4) is 0 Å². The van der Waals surface area contributed by atoms with Crippen LogP contribution in [0, 0.1) is 0 Å². The quantitative estimate of drug-likeness (QED) is 0.739. The minimum Gasteiger partial charge on any atom is -0.311 e. The highest BCUT2D eigenvalue weighted by Crippen LogP contribution is 2.17. The van der Waals surface area contributed by atoms with Gasteiger partial charge in [0.25, 0.3) is 11.5 Å². The van der Waals surface area contributed by atoms with Gasteiger partial charge in [-0.25, -0.2) is 0 Å². The molecule has 0 saturated carbocycles. The van der Waals surface area contributed by atoms with E-state index in [1.54, 1.807) is 13.1 Å². The van der Waals surface area contributed by atoms with Crippen LogP contribution in [0.5, 0.6) is 0 Å². The number of benzene rings is 1. The number of para-hydroxylation sites is 1. The molecule has 6 heteroatoms. The summed E-state index contributed by atoms with van der Waals surface area (Å²) >= 11 is 0. The lowest BCUT2D eigenvalue weighted by Crippen LogP contribution is -2.21. The van der Waals surface area contributed by atoms with Crippen LogP contribution in [0.1, 0.15) is 10.4 Å². The molecule has 20 heavy (non-hydrogen) atoms. The number of pyridine rings is 1. The number of carbonyl (C=O) groups excluding carboxylic acids is 1. The lowest BCUT2D eigenvalue weighted by molar-refractivity contribution is 0.102. The third-order valence-corrected chi connectivity index (χ3v) is 3.15. The fraction of sp³-hybridized carbons (Fsp3) is 0.0714. The molecule has 0 aliphatic heterocycles. The molecule has 0 fully saturated rings. The molecule has 2 heterocycles. The molecule has 6 nitrogen and oxygen atoms in total. The Balaban J connectivity index is 2.14. The summed E-state index contributed by atoms with van der Waals surface area (Å²) in [7, 11) is 1.68. The number of amides is 1. The number of aromatic nitrogens is 3. The monoisotopic (exact) mass is 268 g/mol. The first kappa shape index (κ1) is 12.2. The summed E-state index contributed by atoms with van der Waals surface area (Å²) in [5.74, 6) is 0.142. The molecule has 0 saturated heterocycles. The fourth-order valence-corrected chi connectivity index (χ4v) is 2.11. The molecule has 100 valence electrons. The Morgan fingerprint density at radius 3 is 2.85 bits per heavy atom. The first-order valence-electron chi connectivity index (χ1n) is 6.06. The van der Waals surface area contributed by atoms with Gasteiger partial charge in [-0.15, -0.1) is 0 Å². The Kier molecular flexibility index (Phi) is 2.83. The fourth-order valence-electron chi connectivity index (χ4n) is 2.11. The average molecular weight is 268 g/mol. The van der Waals surface area contributed by atoms with E-state index >= 15 is 0 Å².